The number of nitrogens with two attached hydrogens (primary N) is 1. The zero-order chi connectivity index (χ0) is 12.1. The van der Waals surface area contributed by atoms with E-state index in [9.17, 15) is 0 Å². The molecule has 18 heavy (non-hydrogen) atoms. The zero-order valence-electron chi connectivity index (χ0n) is 10.4. The third-order valence-corrected chi connectivity index (χ3v) is 4.21. The Morgan fingerprint density at radius 1 is 1.17 bits per heavy atom. The van der Waals surface area contributed by atoms with E-state index in [0.29, 0.717) is 6.04 Å². The van der Waals surface area contributed by atoms with Gasteiger partial charge in [-0.15, -0.1) is 0 Å². The molecule has 2 aliphatic rings. The molecule has 3 heteroatoms. The lowest BCUT2D eigenvalue weighted by molar-refractivity contribution is 0.443. The van der Waals surface area contributed by atoms with E-state index in [0.717, 1.165) is 32.2 Å². The predicted octanol–water partition coefficient (Wildman–Crippen LogP) is 1.92. The Kier molecular flexibility index (Phi) is 2.12. The topological polar surface area (TPSA) is 43.8 Å². The standard InChI is InChI=1S/C15H17N3/c16-11-6-8-14-17-15-12-4-2-1-3-10(12)5-7-13(15)18(14)9-11/h1-4,11H,5-9,16H2. The summed E-state index contributed by atoms with van der Waals surface area (Å²) >= 11 is 0. The summed E-state index contributed by atoms with van der Waals surface area (Å²) in [6.07, 6.45) is 4.32. The maximum Gasteiger partial charge on any atom is 0.109 e. The molecule has 0 saturated carbocycles. The third-order valence-electron chi connectivity index (χ3n) is 4.21. The lowest BCUT2D eigenvalue weighted by atomic mass is 9.92. The van der Waals surface area contributed by atoms with E-state index in [1.807, 2.05) is 0 Å². The van der Waals surface area contributed by atoms with E-state index >= 15 is 0 Å². The molecule has 1 aliphatic carbocycles. The zero-order valence-corrected chi connectivity index (χ0v) is 10.4. The lowest BCUT2D eigenvalue weighted by Gasteiger charge is -2.23. The van der Waals surface area contributed by atoms with Crippen LogP contribution in [0.1, 0.15) is 23.5 Å². The van der Waals surface area contributed by atoms with Gasteiger partial charge in [0.15, 0.2) is 0 Å². The average molecular weight is 239 g/mol. The second kappa shape index (κ2) is 3.69. The highest BCUT2D eigenvalue weighted by atomic mass is 15.1. The molecular formula is C15H17N3. The van der Waals surface area contributed by atoms with Gasteiger partial charge in [0, 0.05) is 30.3 Å². The van der Waals surface area contributed by atoms with Crippen LogP contribution in [0.15, 0.2) is 24.3 Å². The van der Waals surface area contributed by atoms with Crippen LogP contribution in [-0.2, 0) is 25.8 Å². The first kappa shape index (κ1) is 10.3. The Labute approximate surface area is 107 Å². The fraction of sp³-hybridized carbons (Fsp3) is 0.400. The number of benzene rings is 1. The summed E-state index contributed by atoms with van der Waals surface area (Å²) in [6.45, 7) is 0.944. The van der Waals surface area contributed by atoms with Crippen molar-refractivity contribution >= 4 is 0 Å². The van der Waals surface area contributed by atoms with Crippen LogP contribution < -0.4 is 5.73 Å². The van der Waals surface area contributed by atoms with Crippen molar-refractivity contribution in [2.45, 2.75) is 38.3 Å². The van der Waals surface area contributed by atoms with Gasteiger partial charge in [0.25, 0.3) is 0 Å². The number of fused-ring (bicyclic) bond motifs is 5. The number of hydrogen-bond acceptors (Lipinski definition) is 2. The van der Waals surface area contributed by atoms with Crippen LogP contribution in [-0.4, -0.2) is 15.6 Å². The smallest absolute Gasteiger partial charge is 0.109 e. The van der Waals surface area contributed by atoms with Crippen molar-refractivity contribution in [3.05, 3.63) is 41.3 Å². The first-order chi connectivity index (χ1) is 8.83. The Bertz CT molecular complexity index is 612. The van der Waals surface area contributed by atoms with Crippen molar-refractivity contribution in [1.29, 1.82) is 0 Å². The molecule has 1 aliphatic heterocycles. The number of aryl methyl sites for hydroxylation is 2. The summed E-state index contributed by atoms with van der Waals surface area (Å²) in [5, 5.41) is 0. The molecule has 0 saturated heterocycles. The Balaban J connectivity index is 1.91. The summed E-state index contributed by atoms with van der Waals surface area (Å²) in [5.41, 5.74) is 11.5. The van der Waals surface area contributed by atoms with E-state index < -0.39 is 0 Å². The molecule has 2 aromatic rings. The molecule has 0 spiro atoms. The molecule has 4 rings (SSSR count). The van der Waals surface area contributed by atoms with Gasteiger partial charge >= 0.3 is 0 Å². The molecule has 0 radical (unpaired) electrons. The van der Waals surface area contributed by atoms with Crippen molar-refractivity contribution in [2.24, 2.45) is 5.73 Å². The number of nitrogens with zero attached hydrogens (tertiary/aromatic N) is 2. The minimum absolute atomic E-state index is 0.299. The maximum absolute atomic E-state index is 6.09. The monoisotopic (exact) mass is 239 g/mol. The van der Waals surface area contributed by atoms with Gasteiger partial charge in [0.2, 0.25) is 0 Å². The van der Waals surface area contributed by atoms with Crippen LogP contribution in [0.25, 0.3) is 11.3 Å². The Morgan fingerprint density at radius 3 is 3.00 bits per heavy atom. The summed E-state index contributed by atoms with van der Waals surface area (Å²) in [4.78, 5) is 4.87. The average Bonchev–Trinajstić information content (AvgIpc) is 2.77. The first-order valence-corrected chi connectivity index (χ1v) is 6.75. The van der Waals surface area contributed by atoms with Gasteiger partial charge in [0.05, 0.1) is 5.69 Å². The van der Waals surface area contributed by atoms with E-state index in [1.54, 1.807) is 0 Å². The highest BCUT2D eigenvalue weighted by Gasteiger charge is 2.26. The van der Waals surface area contributed by atoms with Gasteiger partial charge in [-0.3, -0.25) is 0 Å². The van der Waals surface area contributed by atoms with Gasteiger partial charge in [-0.1, -0.05) is 24.3 Å². The number of imidazole rings is 1. The van der Waals surface area contributed by atoms with Gasteiger partial charge in [-0.05, 0) is 24.8 Å². The first-order valence-electron chi connectivity index (χ1n) is 6.75. The second-order valence-electron chi connectivity index (χ2n) is 5.39. The van der Waals surface area contributed by atoms with Gasteiger partial charge in [-0.2, -0.15) is 0 Å². The van der Waals surface area contributed by atoms with Gasteiger partial charge in [0.1, 0.15) is 5.82 Å². The molecule has 3 nitrogen and oxygen atoms in total. The molecular weight excluding hydrogens is 222 g/mol. The number of hydrogen-bond donors (Lipinski definition) is 1. The summed E-state index contributed by atoms with van der Waals surface area (Å²) in [7, 11) is 0. The summed E-state index contributed by atoms with van der Waals surface area (Å²) in [5.74, 6) is 1.23. The summed E-state index contributed by atoms with van der Waals surface area (Å²) < 4.78 is 2.37. The fourth-order valence-electron chi connectivity index (χ4n) is 3.28. The predicted molar refractivity (Wildman–Crippen MR) is 71.4 cm³/mol. The second-order valence-corrected chi connectivity index (χ2v) is 5.39. The molecule has 1 aromatic heterocycles. The SMILES string of the molecule is NC1CCc2nc3c(n2C1)CCc1ccccc1-3. The van der Waals surface area contributed by atoms with Crippen molar-refractivity contribution < 1.29 is 0 Å². The molecule has 2 heterocycles. The van der Waals surface area contributed by atoms with E-state index in [2.05, 4.69) is 28.8 Å². The molecule has 92 valence electrons. The minimum atomic E-state index is 0.299. The van der Waals surface area contributed by atoms with Crippen LogP contribution in [0.4, 0.5) is 0 Å². The lowest BCUT2D eigenvalue weighted by Crippen LogP contribution is -2.32. The summed E-state index contributed by atoms with van der Waals surface area (Å²) in [6, 6.07) is 8.95. The highest BCUT2D eigenvalue weighted by molar-refractivity contribution is 5.69. The van der Waals surface area contributed by atoms with Crippen molar-refractivity contribution in [3.63, 3.8) is 0 Å². The third kappa shape index (κ3) is 1.37. The fourth-order valence-corrected chi connectivity index (χ4v) is 3.28. The van der Waals surface area contributed by atoms with Crippen LogP contribution in [0, 0.1) is 0 Å². The van der Waals surface area contributed by atoms with E-state index in [4.69, 9.17) is 10.7 Å². The van der Waals surface area contributed by atoms with Crippen molar-refractivity contribution in [3.8, 4) is 11.3 Å². The number of aromatic nitrogens is 2. The van der Waals surface area contributed by atoms with Crippen LogP contribution >= 0.6 is 0 Å². The molecule has 0 amide bonds. The van der Waals surface area contributed by atoms with Gasteiger partial charge < -0.3 is 10.3 Å². The van der Waals surface area contributed by atoms with Gasteiger partial charge in [-0.25, -0.2) is 4.98 Å². The molecule has 2 N–H and O–H groups in total. The van der Waals surface area contributed by atoms with Crippen molar-refractivity contribution in [1.82, 2.24) is 9.55 Å². The van der Waals surface area contributed by atoms with E-state index in [-0.39, 0.29) is 0 Å². The quantitative estimate of drug-likeness (QED) is 0.763. The van der Waals surface area contributed by atoms with Crippen LogP contribution in [0.2, 0.25) is 0 Å². The molecule has 0 bridgehead atoms. The molecule has 0 fully saturated rings. The Hall–Kier alpha value is -1.61. The highest BCUT2D eigenvalue weighted by Crippen LogP contribution is 2.34. The molecule has 1 atom stereocenters. The Morgan fingerprint density at radius 2 is 2.06 bits per heavy atom. The normalized spacial score (nSPS) is 21.1. The van der Waals surface area contributed by atoms with Crippen LogP contribution in [0.5, 0.6) is 0 Å². The number of rotatable bonds is 0. The molecule has 1 aromatic carbocycles. The van der Waals surface area contributed by atoms with Crippen molar-refractivity contribution in [2.75, 3.05) is 0 Å². The molecule has 1 unspecified atom stereocenters. The maximum atomic E-state index is 6.09. The minimum Gasteiger partial charge on any atom is -0.330 e. The van der Waals surface area contributed by atoms with E-state index in [1.165, 1.54) is 28.3 Å². The largest absolute Gasteiger partial charge is 0.330 e. The van der Waals surface area contributed by atoms with Crippen LogP contribution in [0.3, 0.4) is 0 Å².